The third-order valence-corrected chi connectivity index (χ3v) is 4.95. The number of amides is 2. The van der Waals surface area contributed by atoms with Crippen LogP contribution >= 0.6 is 0 Å². The van der Waals surface area contributed by atoms with Crippen LogP contribution in [0.4, 0.5) is 0 Å². The lowest BCUT2D eigenvalue weighted by molar-refractivity contribution is -0.127. The Morgan fingerprint density at radius 1 is 1.33 bits per heavy atom. The highest BCUT2D eigenvalue weighted by atomic mass is 16.5. The van der Waals surface area contributed by atoms with Gasteiger partial charge in [0.25, 0.3) is 12.4 Å². The van der Waals surface area contributed by atoms with Crippen molar-refractivity contribution in [3.05, 3.63) is 47.1 Å². The summed E-state index contributed by atoms with van der Waals surface area (Å²) in [5.74, 6) is -0.254. The van der Waals surface area contributed by atoms with Crippen molar-refractivity contribution in [2.75, 3.05) is 0 Å². The summed E-state index contributed by atoms with van der Waals surface area (Å²) < 4.78 is 5.02. The summed E-state index contributed by atoms with van der Waals surface area (Å²) in [6, 6.07) is 3.22. The summed E-state index contributed by atoms with van der Waals surface area (Å²) in [7, 11) is 0. The van der Waals surface area contributed by atoms with Crippen molar-refractivity contribution in [3.8, 4) is 0 Å². The molecular weight excluding hydrogens is 392 g/mol. The third-order valence-electron chi connectivity index (χ3n) is 4.95. The van der Waals surface area contributed by atoms with Gasteiger partial charge < -0.3 is 25.4 Å². The summed E-state index contributed by atoms with van der Waals surface area (Å²) in [5.41, 5.74) is 1.80. The van der Waals surface area contributed by atoms with Crippen molar-refractivity contribution >= 4 is 18.3 Å². The Labute approximate surface area is 173 Å². The summed E-state index contributed by atoms with van der Waals surface area (Å²) in [6.07, 6.45) is 4.12. The number of nitrogens with zero attached hydrogens (tertiary/aromatic N) is 2. The number of rotatable bonds is 5. The minimum absolute atomic E-state index is 0.0812. The molecular formula is C20H26N4O6. The maximum Gasteiger partial charge on any atom is 0.290 e. The number of carbonyl (C=O) groups is 3. The van der Waals surface area contributed by atoms with E-state index in [4.69, 9.17) is 14.4 Å². The lowest BCUT2D eigenvalue weighted by Crippen LogP contribution is -2.49. The predicted molar refractivity (Wildman–Crippen MR) is 105 cm³/mol. The van der Waals surface area contributed by atoms with Crippen molar-refractivity contribution in [1.29, 1.82) is 0 Å². The van der Waals surface area contributed by atoms with E-state index in [1.165, 1.54) is 0 Å². The molecule has 2 heterocycles. The molecule has 0 aromatic carbocycles. The quantitative estimate of drug-likeness (QED) is 0.524. The summed E-state index contributed by atoms with van der Waals surface area (Å²) in [5, 5.41) is 26.7. The molecule has 2 amide bonds. The molecule has 0 aliphatic heterocycles. The number of carboxylic acid groups (broad SMARTS) is 1. The van der Waals surface area contributed by atoms with Gasteiger partial charge in [0.05, 0.1) is 17.8 Å². The van der Waals surface area contributed by atoms with Crippen LogP contribution in [0.25, 0.3) is 0 Å². The van der Waals surface area contributed by atoms with E-state index < -0.39 is 12.1 Å². The van der Waals surface area contributed by atoms with Crippen LogP contribution in [-0.2, 0) is 16.1 Å². The van der Waals surface area contributed by atoms with Gasteiger partial charge in [0.1, 0.15) is 11.3 Å². The fourth-order valence-corrected chi connectivity index (χ4v) is 3.43. The molecule has 0 unspecified atom stereocenters. The van der Waals surface area contributed by atoms with E-state index in [9.17, 15) is 14.7 Å². The van der Waals surface area contributed by atoms with E-state index in [1.807, 2.05) is 12.1 Å². The first kappa shape index (κ1) is 23.0. The Hall–Kier alpha value is -3.27. The highest BCUT2D eigenvalue weighted by Crippen LogP contribution is 2.26. The Bertz CT molecular complexity index is 835. The van der Waals surface area contributed by atoms with E-state index in [0.29, 0.717) is 42.8 Å². The number of aliphatic hydroxyl groups excluding tert-OH is 1. The van der Waals surface area contributed by atoms with Crippen LogP contribution in [0.15, 0.2) is 29.0 Å². The zero-order chi connectivity index (χ0) is 22.1. The molecule has 1 fully saturated rings. The van der Waals surface area contributed by atoms with Crippen LogP contribution in [0.1, 0.15) is 46.6 Å². The standard InChI is InChI=1S/C19H24N4O4.CH2O2/c1-11-17(12(2)27-23-11)19(26)22-15-8-14(5-6-16(15)24)18(25)21-10-13-4-3-7-20-9-13;2-1-3/h3-4,7,9,14-16,24H,5-6,8,10H2,1-2H3,(H,21,25)(H,22,26);1H,(H,2,3)/t14-,15+,16+;/m0./s1. The molecule has 10 nitrogen and oxygen atoms in total. The lowest BCUT2D eigenvalue weighted by Gasteiger charge is -2.33. The van der Waals surface area contributed by atoms with Crippen LogP contribution in [0.2, 0.25) is 0 Å². The molecule has 30 heavy (non-hydrogen) atoms. The van der Waals surface area contributed by atoms with Gasteiger partial charge >= 0.3 is 0 Å². The van der Waals surface area contributed by atoms with Gasteiger partial charge in [-0.25, -0.2) is 0 Å². The molecule has 2 aromatic heterocycles. The Morgan fingerprint density at radius 2 is 2.07 bits per heavy atom. The monoisotopic (exact) mass is 418 g/mol. The molecule has 2 aromatic rings. The van der Waals surface area contributed by atoms with Gasteiger partial charge in [0.2, 0.25) is 5.91 Å². The smallest absolute Gasteiger partial charge is 0.290 e. The average molecular weight is 418 g/mol. The molecule has 0 saturated heterocycles. The zero-order valence-corrected chi connectivity index (χ0v) is 16.9. The number of pyridine rings is 1. The van der Waals surface area contributed by atoms with E-state index in [2.05, 4.69) is 20.8 Å². The first-order valence-electron chi connectivity index (χ1n) is 9.53. The second kappa shape index (κ2) is 11.1. The average Bonchev–Trinajstić information content (AvgIpc) is 3.07. The predicted octanol–water partition coefficient (Wildman–Crippen LogP) is 0.963. The van der Waals surface area contributed by atoms with E-state index in [0.717, 1.165) is 5.56 Å². The fourth-order valence-electron chi connectivity index (χ4n) is 3.43. The molecule has 1 aliphatic carbocycles. The largest absolute Gasteiger partial charge is 0.483 e. The molecule has 1 aliphatic rings. The van der Waals surface area contributed by atoms with Crippen LogP contribution in [0.3, 0.4) is 0 Å². The fraction of sp³-hybridized carbons (Fsp3) is 0.450. The first-order valence-corrected chi connectivity index (χ1v) is 9.53. The van der Waals surface area contributed by atoms with E-state index in [1.54, 1.807) is 26.2 Å². The minimum atomic E-state index is -0.684. The number of nitrogens with one attached hydrogen (secondary N) is 2. The third kappa shape index (κ3) is 6.11. The SMILES string of the molecule is Cc1noc(C)c1C(=O)N[C@@H]1C[C@@H](C(=O)NCc2cccnc2)CC[C@H]1O.O=CO. The number of carbonyl (C=O) groups excluding carboxylic acids is 2. The zero-order valence-electron chi connectivity index (χ0n) is 16.9. The van der Waals surface area contributed by atoms with Crippen molar-refractivity contribution in [2.45, 2.75) is 51.8 Å². The first-order chi connectivity index (χ1) is 14.4. The second-order valence-corrected chi connectivity index (χ2v) is 7.04. The molecule has 1 saturated carbocycles. The Morgan fingerprint density at radius 3 is 2.67 bits per heavy atom. The molecule has 0 spiro atoms. The highest BCUT2D eigenvalue weighted by Gasteiger charge is 2.34. The van der Waals surface area contributed by atoms with Crippen molar-refractivity contribution in [3.63, 3.8) is 0 Å². The molecule has 10 heteroatoms. The van der Waals surface area contributed by atoms with Gasteiger partial charge in [-0.2, -0.15) is 0 Å². The number of aryl methyl sites for hydroxylation is 2. The van der Waals surface area contributed by atoms with Crippen LogP contribution in [-0.4, -0.2) is 50.8 Å². The molecule has 3 atom stereocenters. The van der Waals surface area contributed by atoms with Gasteiger partial charge in [0, 0.05) is 24.9 Å². The summed E-state index contributed by atoms with van der Waals surface area (Å²) in [6.45, 7) is 3.51. The van der Waals surface area contributed by atoms with Gasteiger partial charge in [0.15, 0.2) is 0 Å². The highest BCUT2D eigenvalue weighted by molar-refractivity contribution is 5.96. The van der Waals surface area contributed by atoms with E-state index >= 15 is 0 Å². The van der Waals surface area contributed by atoms with Gasteiger partial charge in [-0.05, 0) is 44.7 Å². The van der Waals surface area contributed by atoms with Crippen molar-refractivity contribution in [2.24, 2.45) is 5.92 Å². The molecule has 0 bridgehead atoms. The van der Waals surface area contributed by atoms with Crippen molar-refractivity contribution < 1.29 is 29.1 Å². The Balaban J connectivity index is 0.00000101. The van der Waals surface area contributed by atoms with Crippen LogP contribution in [0.5, 0.6) is 0 Å². The number of aliphatic hydroxyl groups is 1. The second-order valence-electron chi connectivity index (χ2n) is 7.04. The Kier molecular flexibility index (Phi) is 8.48. The van der Waals surface area contributed by atoms with Crippen LogP contribution in [0, 0.1) is 19.8 Å². The minimum Gasteiger partial charge on any atom is -0.483 e. The van der Waals surface area contributed by atoms with E-state index in [-0.39, 0.29) is 24.2 Å². The van der Waals surface area contributed by atoms with Gasteiger partial charge in [-0.3, -0.25) is 19.4 Å². The van der Waals surface area contributed by atoms with Crippen LogP contribution < -0.4 is 10.6 Å². The normalized spacial score (nSPS) is 20.4. The maximum atomic E-state index is 12.5. The number of hydrogen-bond acceptors (Lipinski definition) is 7. The molecule has 4 N–H and O–H groups in total. The van der Waals surface area contributed by atoms with Gasteiger partial charge in [-0.15, -0.1) is 0 Å². The maximum absolute atomic E-state index is 12.5. The topological polar surface area (TPSA) is 155 Å². The summed E-state index contributed by atoms with van der Waals surface area (Å²) in [4.78, 5) is 37.4. The van der Waals surface area contributed by atoms with Crippen molar-refractivity contribution in [1.82, 2.24) is 20.8 Å². The van der Waals surface area contributed by atoms with Gasteiger partial charge in [-0.1, -0.05) is 11.2 Å². The number of aromatic nitrogens is 2. The molecule has 162 valence electrons. The summed E-state index contributed by atoms with van der Waals surface area (Å²) >= 11 is 0. The lowest BCUT2D eigenvalue weighted by atomic mass is 9.83. The molecule has 0 radical (unpaired) electrons. The molecule has 3 rings (SSSR count). The number of hydrogen-bond donors (Lipinski definition) is 4.